The molecule has 182 valence electrons. The monoisotopic (exact) mass is 468 g/mol. The third kappa shape index (κ3) is 4.87. The van der Waals surface area contributed by atoms with E-state index in [9.17, 15) is 14.7 Å². The smallest absolute Gasteiger partial charge is 0.295 e. The third-order valence-electron chi connectivity index (χ3n) is 5.87. The summed E-state index contributed by atoms with van der Waals surface area (Å²) < 4.78 is 16.4. The number of methoxy groups -OCH3 is 3. The van der Waals surface area contributed by atoms with E-state index in [1.54, 1.807) is 24.3 Å². The molecule has 8 heteroatoms. The number of amides is 1. The number of nitrogens with zero attached hydrogens (tertiary/aromatic N) is 2. The highest BCUT2D eigenvalue weighted by Gasteiger charge is 2.46. The van der Waals surface area contributed by atoms with Gasteiger partial charge in [-0.15, -0.1) is 0 Å². The van der Waals surface area contributed by atoms with Gasteiger partial charge in [-0.2, -0.15) is 0 Å². The molecular formula is C26H32N2O6. The highest BCUT2D eigenvalue weighted by Crippen LogP contribution is 2.45. The second kappa shape index (κ2) is 10.6. The Balaban J connectivity index is 2.21. The van der Waals surface area contributed by atoms with Crippen LogP contribution >= 0.6 is 0 Å². The van der Waals surface area contributed by atoms with Gasteiger partial charge >= 0.3 is 0 Å². The van der Waals surface area contributed by atoms with E-state index in [0.29, 0.717) is 41.3 Å². The van der Waals surface area contributed by atoms with Crippen molar-refractivity contribution in [1.82, 2.24) is 9.80 Å². The molecule has 2 aromatic carbocycles. The van der Waals surface area contributed by atoms with Gasteiger partial charge in [0.2, 0.25) is 5.75 Å². The molecule has 0 spiro atoms. The van der Waals surface area contributed by atoms with Crippen LogP contribution in [0.15, 0.2) is 42.0 Å². The van der Waals surface area contributed by atoms with Crippen LogP contribution in [0.1, 0.15) is 29.2 Å². The molecule has 1 heterocycles. The zero-order chi connectivity index (χ0) is 25.0. The number of aliphatic hydroxyl groups is 1. The van der Waals surface area contributed by atoms with Crippen LogP contribution in [0.3, 0.4) is 0 Å². The number of carbonyl (C=O) groups is 2. The average Bonchev–Trinajstić information content (AvgIpc) is 3.07. The van der Waals surface area contributed by atoms with Crippen LogP contribution in [-0.2, 0) is 9.59 Å². The first-order valence-electron chi connectivity index (χ1n) is 11.0. The van der Waals surface area contributed by atoms with Gasteiger partial charge in [0.15, 0.2) is 11.5 Å². The zero-order valence-electron chi connectivity index (χ0n) is 20.5. The molecule has 0 saturated carbocycles. The fourth-order valence-corrected chi connectivity index (χ4v) is 4.14. The number of aliphatic hydroxyl groups excluding tert-OH is 1. The summed E-state index contributed by atoms with van der Waals surface area (Å²) in [5.41, 5.74) is 2.09. The topological polar surface area (TPSA) is 88.5 Å². The molecule has 0 bridgehead atoms. The van der Waals surface area contributed by atoms with Gasteiger partial charge in [0.1, 0.15) is 5.76 Å². The van der Waals surface area contributed by atoms with Gasteiger partial charge < -0.3 is 29.1 Å². The molecule has 0 aromatic heterocycles. The summed E-state index contributed by atoms with van der Waals surface area (Å²) in [7, 11) is 8.40. The van der Waals surface area contributed by atoms with Crippen LogP contribution in [0.2, 0.25) is 0 Å². The van der Waals surface area contributed by atoms with Gasteiger partial charge in [-0.3, -0.25) is 9.59 Å². The molecule has 3 rings (SSSR count). The second-order valence-corrected chi connectivity index (χ2v) is 8.47. The van der Waals surface area contributed by atoms with Crippen molar-refractivity contribution in [2.24, 2.45) is 0 Å². The predicted molar refractivity (Wildman–Crippen MR) is 129 cm³/mol. The second-order valence-electron chi connectivity index (χ2n) is 8.47. The summed E-state index contributed by atoms with van der Waals surface area (Å²) in [6, 6.07) is 9.76. The molecule has 8 nitrogen and oxygen atoms in total. The predicted octanol–water partition coefficient (Wildman–Crippen LogP) is 3.39. The SMILES string of the molecule is COc1cc(C2C(=C(O)c3ccc(C)cc3)C(=O)C(=O)N2CCCN(C)C)cc(OC)c1OC. The van der Waals surface area contributed by atoms with E-state index in [4.69, 9.17) is 14.2 Å². The Labute approximate surface area is 200 Å². The number of benzene rings is 2. The summed E-state index contributed by atoms with van der Waals surface area (Å²) in [6.45, 7) is 3.01. The van der Waals surface area contributed by atoms with Crippen LogP contribution in [0.25, 0.3) is 5.76 Å². The summed E-state index contributed by atoms with van der Waals surface area (Å²) in [5, 5.41) is 11.2. The molecule has 1 aliphatic heterocycles. The van der Waals surface area contributed by atoms with E-state index in [0.717, 1.165) is 12.1 Å². The Morgan fingerprint density at radius 2 is 1.59 bits per heavy atom. The largest absolute Gasteiger partial charge is 0.507 e. The van der Waals surface area contributed by atoms with Crippen LogP contribution in [-0.4, -0.2) is 75.1 Å². The first kappa shape index (κ1) is 25.1. The number of ether oxygens (including phenoxy) is 3. The first-order valence-corrected chi connectivity index (χ1v) is 11.0. The number of hydrogen-bond donors (Lipinski definition) is 1. The van der Waals surface area contributed by atoms with Crippen molar-refractivity contribution in [1.29, 1.82) is 0 Å². The summed E-state index contributed by atoms with van der Waals surface area (Å²) in [6.07, 6.45) is 0.658. The summed E-state index contributed by atoms with van der Waals surface area (Å²) in [4.78, 5) is 29.8. The highest BCUT2D eigenvalue weighted by atomic mass is 16.5. The molecule has 0 radical (unpaired) electrons. The Kier molecular flexibility index (Phi) is 7.83. The molecular weight excluding hydrogens is 436 g/mol. The number of carbonyl (C=O) groups excluding carboxylic acids is 2. The van der Waals surface area contributed by atoms with Crippen molar-refractivity contribution in [3.8, 4) is 17.2 Å². The Bertz CT molecular complexity index is 1070. The lowest BCUT2D eigenvalue weighted by Gasteiger charge is -2.27. The fraction of sp³-hybridized carbons (Fsp3) is 0.385. The Morgan fingerprint density at radius 3 is 2.09 bits per heavy atom. The van der Waals surface area contributed by atoms with Gasteiger partial charge in [0.25, 0.3) is 11.7 Å². The van der Waals surface area contributed by atoms with Crippen molar-refractivity contribution >= 4 is 17.4 Å². The van der Waals surface area contributed by atoms with E-state index < -0.39 is 17.7 Å². The maximum absolute atomic E-state index is 13.2. The quantitative estimate of drug-likeness (QED) is 0.343. The number of aryl methyl sites for hydroxylation is 1. The Morgan fingerprint density at radius 1 is 1.00 bits per heavy atom. The number of hydrogen-bond acceptors (Lipinski definition) is 7. The Hall–Kier alpha value is -3.52. The van der Waals surface area contributed by atoms with Crippen molar-refractivity contribution in [2.75, 3.05) is 48.5 Å². The van der Waals surface area contributed by atoms with Gasteiger partial charge in [-0.05, 0) is 51.7 Å². The molecule has 1 fully saturated rings. The van der Waals surface area contributed by atoms with Crippen molar-refractivity contribution in [2.45, 2.75) is 19.4 Å². The summed E-state index contributed by atoms with van der Waals surface area (Å²) >= 11 is 0. The number of ketones is 1. The van der Waals surface area contributed by atoms with E-state index in [-0.39, 0.29) is 11.3 Å². The maximum Gasteiger partial charge on any atom is 0.295 e. The molecule has 1 unspecified atom stereocenters. The molecule has 1 saturated heterocycles. The van der Waals surface area contributed by atoms with E-state index >= 15 is 0 Å². The lowest BCUT2D eigenvalue weighted by Crippen LogP contribution is -2.32. The summed E-state index contributed by atoms with van der Waals surface area (Å²) in [5.74, 6) is -0.394. The van der Waals surface area contributed by atoms with E-state index in [1.807, 2.05) is 38.1 Å². The van der Waals surface area contributed by atoms with Crippen LogP contribution in [0.5, 0.6) is 17.2 Å². The van der Waals surface area contributed by atoms with Crippen molar-refractivity contribution < 1.29 is 28.9 Å². The number of rotatable bonds is 9. The molecule has 1 amide bonds. The van der Waals surface area contributed by atoms with Crippen molar-refractivity contribution in [3.63, 3.8) is 0 Å². The van der Waals surface area contributed by atoms with Gasteiger partial charge in [-0.25, -0.2) is 0 Å². The van der Waals surface area contributed by atoms with Gasteiger partial charge in [0, 0.05) is 12.1 Å². The molecule has 1 aliphatic rings. The molecule has 2 aromatic rings. The highest BCUT2D eigenvalue weighted by molar-refractivity contribution is 6.46. The van der Waals surface area contributed by atoms with Gasteiger partial charge in [0.05, 0.1) is 32.9 Å². The zero-order valence-corrected chi connectivity index (χ0v) is 20.5. The van der Waals surface area contributed by atoms with Crippen LogP contribution in [0.4, 0.5) is 0 Å². The van der Waals surface area contributed by atoms with Crippen LogP contribution in [0, 0.1) is 6.92 Å². The minimum absolute atomic E-state index is 0.0352. The molecule has 0 aliphatic carbocycles. The maximum atomic E-state index is 13.2. The lowest BCUT2D eigenvalue weighted by molar-refractivity contribution is -0.139. The standard InChI is InChI=1S/C26H32N2O6/c1-16-8-10-17(11-9-16)23(29)21-22(28(26(31)24(21)30)13-7-12-27(2)3)18-14-19(32-4)25(34-6)20(15-18)33-5/h8-11,14-15,22,29H,7,12-13H2,1-6H3. The number of likely N-dealkylation sites (tertiary alicyclic amines) is 1. The molecule has 1 N–H and O–H groups in total. The first-order chi connectivity index (χ1) is 16.2. The average molecular weight is 469 g/mol. The van der Waals surface area contributed by atoms with Crippen LogP contribution < -0.4 is 14.2 Å². The van der Waals surface area contributed by atoms with Crippen molar-refractivity contribution in [3.05, 3.63) is 58.7 Å². The third-order valence-corrected chi connectivity index (χ3v) is 5.87. The molecule has 1 atom stereocenters. The lowest BCUT2D eigenvalue weighted by atomic mass is 9.94. The fourth-order valence-electron chi connectivity index (χ4n) is 4.14. The molecule has 34 heavy (non-hydrogen) atoms. The normalized spacial score (nSPS) is 17.4. The van der Waals surface area contributed by atoms with Gasteiger partial charge in [-0.1, -0.05) is 29.8 Å². The van der Waals surface area contributed by atoms with E-state index in [2.05, 4.69) is 0 Å². The van der Waals surface area contributed by atoms with E-state index in [1.165, 1.54) is 26.2 Å². The minimum Gasteiger partial charge on any atom is -0.507 e. The number of Topliss-reactive ketones (excluding diaryl/α,β-unsaturated/α-hetero) is 1. The minimum atomic E-state index is -0.808.